The summed E-state index contributed by atoms with van der Waals surface area (Å²) in [5.74, 6) is 1.03. The Morgan fingerprint density at radius 1 is 1.39 bits per heavy atom. The standard InChI is InChI=1S/C18H28FN3O/c1-3-20-18(22-14-8-6-7-13(2)11-14)21-12-17(23)15-9-4-5-10-16(15)19/h4-5,9-10,13-14,17,23H,3,6-8,11-12H2,1-2H3,(H2,20,21,22). The Kier molecular flexibility index (Phi) is 6.84. The molecule has 128 valence electrons. The van der Waals surface area contributed by atoms with Gasteiger partial charge in [-0.25, -0.2) is 4.39 Å². The third-order valence-corrected chi connectivity index (χ3v) is 4.31. The van der Waals surface area contributed by atoms with E-state index in [2.05, 4.69) is 22.5 Å². The van der Waals surface area contributed by atoms with Gasteiger partial charge in [0.2, 0.25) is 0 Å². The SMILES string of the molecule is CCNC(=NCC(O)c1ccccc1F)NC1CCCC(C)C1. The van der Waals surface area contributed by atoms with Gasteiger partial charge < -0.3 is 15.7 Å². The predicted molar refractivity (Wildman–Crippen MR) is 91.9 cm³/mol. The van der Waals surface area contributed by atoms with E-state index in [1.165, 1.54) is 18.9 Å². The number of benzene rings is 1. The molecule has 1 saturated carbocycles. The maximum atomic E-state index is 13.7. The van der Waals surface area contributed by atoms with E-state index in [9.17, 15) is 9.50 Å². The Morgan fingerprint density at radius 3 is 2.87 bits per heavy atom. The van der Waals surface area contributed by atoms with Crippen LogP contribution in [0.25, 0.3) is 0 Å². The zero-order valence-electron chi connectivity index (χ0n) is 14.1. The molecule has 5 heteroatoms. The van der Waals surface area contributed by atoms with Crippen molar-refractivity contribution in [3.63, 3.8) is 0 Å². The van der Waals surface area contributed by atoms with Gasteiger partial charge in [0.1, 0.15) is 11.9 Å². The normalized spacial score (nSPS) is 23.4. The Hall–Kier alpha value is -1.62. The van der Waals surface area contributed by atoms with Crippen molar-refractivity contribution >= 4 is 5.96 Å². The van der Waals surface area contributed by atoms with Crippen molar-refractivity contribution in [1.29, 1.82) is 0 Å². The summed E-state index contributed by atoms with van der Waals surface area (Å²) in [5, 5.41) is 16.8. The summed E-state index contributed by atoms with van der Waals surface area (Å²) in [6.45, 7) is 5.18. The lowest BCUT2D eigenvalue weighted by atomic mass is 9.87. The van der Waals surface area contributed by atoms with Crippen LogP contribution >= 0.6 is 0 Å². The fourth-order valence-corrected chi connectivity index (χ4v) is 3.10. The molecular formula is C18H28FN3O. The van der Waals surface area contributed by atoms with E-state index in [0.29, 0.717) is 17.6 Å². The molecule has 0 amide bonds. The molecule has 1 aliphatic rings. The molecule has 1 aromatic rings. The van der Waals surface area contributed by atoms with Crippen LogP contribution in [0.5, 0.6) is 0 Å². The van der Waals surface area contributed by atoms with Gasteiger partial charge in [-0.05, 0) is 31.7 Å². The third kappa shape index (κ3) is 5.50. The van der Waals surface area contributed by atoms with Crippen molar-refractivity contribution in [1.82, 2.24) is 10.6 Å². The summed E-state index contributed by atoms with van der Waals surface area (Å²) < 4.78 is 13.7. The quantitative estimate of drug-likeness (QED) is 0.577. The number of hydrogen-bond donors (Lipinski definition) is 3. The van der Waals surface area contributed by atoms with Crippen molar-refractivity contribution in [2.45, 2.75) is 51.7 Å². The van der Waals surface area contributed by atoms with Crippen LogP contribution in [0.2, 0.25) is 0 Å². The molecule has 4 nitrogen and oxygen atoms in total. The number of nitrogens with one attached hydrogen (secondary N) is 2. The van der Waals surface area contributed by atoms with Gasteiger partial charge in [-0.1, -0.05) is 38.0 Å². The first-order valence-corrected chi connectivity index (χ1v) is 8.57. The van der Waals surface area contributed by atoms with Crippen LogP contribution in [0.3, 0.4) is 0 Å². The van der Waals surface area contributed by atoms with Crippen molar-refractivity contribution in [3.05, 3.63) is 35.6 Å². The summed E-state index contributed by atoms with van der Waals surface area (Å²) in [6, 6.07) is 6.71. The molecule has 1 fully saturated rings. The molecule has 0 aromatic heterocycles. The van der Waals surface area contributed by atoms with Crippen molar-refractivity contribution in [2.75, 3.05) is 13.1 Å². The Labute approximate surface area is 138 Å². The smallest absolute Gasteiger partial charge is 0.191 e. The van der Waals surface area contributed by atoms with Crippen molar-refractivity contribution < 1.29 is 9.50 Å². The van der Waals surface area contributed by atoms with Crippen molar-refractivity contribution in [2.24, 2.45) is 10.9 Å². The fourth-order valence-electron chi connectivity index (χ4n) is 3.10. The second-order valence-electron chi connectivity index (χ2n) is 6.37. The number of guanidine groups is 1. The number of aliphatic hydroxyl groups excluding tert-OH is 1. The molecule has 1 aliphatic carbocycles. The molecule has 1 aromatic carbocycles. The zero-order chi connectivity index (χ0) is 16.7. The molecule has 0 saturated heterocycles. The summed E-state index contributed by atoms with van der Waals surface area (Å²) in [6.07, 6.45) is 3.87. The Morgan fingerprint density at radius 2 is 2.17 bits per heavy atom. The van der Waals surface area contributed by atoms with E-state index in [4.69, 9.17) is 0 Å². The first-order chi connectivity index (χ1) is 11.1. The second kappa shape index (κ2) is 8.87. The number of rotatable bonds is 5. The highest BCUT2D eigenvalue weighted by Gasteiger charge is 2.20. The maximum Gasteiger partial charge on any atom is 0.191 e. The second-order valence-corrected chi connectivity index (χ2v) is 6.37. The van der Waals surface area contributed by atoms with Crippen LogP contribution < -0.4 is 10.6 Å². The van der Waals surface area contributed by atoms with Crippen LogP contribution in [0.4, 0.5) is 4.39 Å². The molecular weight excluding hydrogens is 293 g/mol. The molecule has 23 heavy (non-hydrogen) atoms. The minimum atomic E-state index is -0.933. The van der Waals surface area contributed by atoms with Crippen LogP contribution in [0.15, 0.2) is 29.3 Å². The van der Waals surface area contributed by atoms with E-state index in [0.717, 1.165) is 25.3 Å². The number of halogens is 1. The summed E-state index contributed by atoms with van der Waals surface area (Å²) >= 11 is 0. The van der Waals surface area contributed by atoms with Gasteiger partial charge in [0.15, 0.2) is 5.96 Å². The lowest BCUT2D eigenvalue weighted by molar-refractivity contribution is 0.182. The van der Waals surface area contributed by atoms with E-state index >= 15 is 0 Å². The summed E-state index contributed by atoms with van der Waals surface area (Å²) in [7, 11) is 0. The molecule has 3 atom stereocenters. The molecule has 0 radical (unpaired) electrons. The highest BCUT2D eigenvalue weighted by molar-refractivity contribution is 5.80. The van der Waals surface area contributed by atoms with Crippen molar-refractivity contribution in [3.8, 4) is 0 Å². The third-order valence-electron chi connectivity index (χ3n) is 4.31. The van der Waals surface area contributed by atoms with Crippen LogP contribution in [0, 0.1) is 11.7 Å². The number of aliphatic hydroxyl groups is 1. The van der Waals surface area contributed by atoms with Gasteiger partial charge in [0.05, 0.1) is 6.54 Å². The van der Waals surface area contributed by atoms with Gasteiger partial charge >= 0.3 is 0 Å². The predicted octanol–water partition coefficient (Wildman–Crippen LogP) is 2.99. The average molecular weight is 321 g/mol. The number of hydrogen-bond acceptors (Lipinski definition) is 2. The lowest BCUT2D eigenvalue weighted by Gasteiger charge is -2.29. The van der Waals surface area contributed by atoms with Gasteiger partial charge in [-0.3, -0.25) is 4.99 Å². The molecule has 0 heterocycles. The minimum absolute atomic E-state index is 0.137. The van der Waals surface area contributed by atoms with Gasteiger partial charge in [0.25, 0.3) is 0 Å². The summed E-state index contributed by atoms with van der Waals surface area (Å²) in [4.78, 5) is 4.43. The Balaban J connectivity index is 1.96. The van der Waals surface area contributed by atoms with Gasteiger partial charge in [-0.15, -0.1) is 0 Å². The number of nitrogens with zero attached hydrogens (tertiary/aromatic N) is 1. The molecule has 0 aliphatic heterocycles. The zero-order valence-corrected chi connectivity index (χ0v) is 14.1. The van der Waals surface area contributed by atoms with E-state index in [1.54, 1.807) is 18.2 Å². The van der Waals surface area contributed by atoms with Gasteiger partial charge in [-0.2, -0.15) is 0 Å². The van der Waals surface area contributed by atoms with Crippen LogP contribution in [0.1, 0.15) is 51.2 Å². The van der Waals surface area contributed by atoms with Gasteiger partial charge in [0, 0.05) is 18.2 Å². The number of aliphatic imine (C=N–C) groups is 1. The van der Waals surface area contributed by atoms with Crippen LogP contribution in [-0.2, 0) is 0 Å². The molecule has 2 rings (SSSR count). The topological polar surface area (TPSA) is 56.7 Å². The fraction of sp³-hybridized carbons (Fsp3) is 0.611. The van der Waals surface area contributed by atoms with E-state index in [-0.39, 0.29) is 6.54 Å². The van der Waals surface area contributed by atoms with Crippen LogP contribution in [-0.4, -0.2) is 30.2 Å². The monoisotopic (exact) mass is 321 g/mol. The Bertz CT molecular complexity index is 521. The summed E-state index contributed by atoms with van der Waals surface area (Å²) in [5.41, 5.74) is 0.290. The first-order valence-electron chi connectivity index (χ1n) is 8.57. The van der Waals surface area contributed by atoms with E-state index in [1.807, 2.05) is 6.92 Å². The maximum absolute atomic E-state index is 13.7. The first kappa shape index (κ1) is 17.7. The molecule has 0 bridgehead atoms. The molecule has 3 N–H and O–H groups in total. The minimum Gasteiger partial charge on any atom is -0.386 e. The lowest BCUT2D eigenvalue weighted by Crippen LogP contribution is -2.45. The largest absolute Gasteiger partial charge is 0.386 e. The highest BCUT2D eigenvalue weighted by atomic mass is 19.1. The highest BCUT2D eigenvalue weighted by Crippen LogP contribution is 2.23. The molecule has 0 spiro atoms. The van der Waals surface area contributed by atoms with E-state index < -0.39 is 11.9 Å². The molecule has 3 unspecified atom stereocenters. The average Bonchev–Trinajstić information content (AvgIpc) is 2.53.